The number of ether oxygens (including phenoxy) is 2. The fourth-order valence-electron chi connectivity index (χ4n) is 3.27. The van der Waals surface area contributed by atoms with Gasteiger partial charge in [0, 0.05) is 16.8 Å². The van der Waals surface area contributed by atoms with Crippen LogP contribution in [0.5, 0.6) is 11.5 Å². The maximum Gasteiger partial charge on any atom is 0.251 e. The molecule has 0 aliphatic carbocycles. The van der Waals surface area contributed by atoms with E-state index in [0.29, 0.717) is 43.5 Å². The van der Waals surface area contributed by atoms with Crippen LogP contribution in [-0.2, 0) is 6.61 Å². The van der Waals surface area contributed by atoms with Gasteiger partial charge < -0.3 is 15.2 Å². The van der Waals surface area contributed by atoms with Gasteiger partial charge in [-0.1, -0.05) is 53.3 Å². The Morgan fingerprint density at radius 2 is 1.78 bits per heavy atom. The number of para-hydroxylation sites is 2. The van der Waals surface area contributed by atoms with Crippen LogP contribution in [0, 0.1) is 6.92 Å². The fraction of sp³-hybridized carbons (Fsp3) is 0.130. The third-order valence-corrected chi connectivity index (χ3v) is 5.86. The van der Waals surface area contributed by atoms with E-state index in [1.807, 2.05) is 49.4 Å². The molecule has 0 saturated carbocycles. The van der Waals surface area contributed by atoms with E-state index in [4.69, 9.17) is 26.8 Å². The van der Waals surface area contributed by atoms with Crippen molar-refractivity contribution in [2.45, 2.75) is 13.5 Å². The standard InChI is InChI=1S/C23H19ClN4O3S/c1-13-11-15(14-7-3-5-9-17(14)30-2)20(22(25)29)21(26-13)23-28-27-19(32-23)12-31-18-10-6-4-8-16(18)24/h3-11H,12H2,1-2H3,(H2,25,29). The van der Waals surface area contributed by atoms with Gasteiger partial charge in [-0.15, -0.1) is 10.2 Å². The number of carbonyl (C=O) groups excluding carboxylic acids is 1. The molecule has 7 nitrogen and oxygen atoms in total. The molecule has 32 heavy (non-hydrogen) atoms. The number of aryl methyl sites for hydroxylation is 1. The third kappa shape index (κ3) is 4.42. The lowest BCUT2D eigenvalue weighted by molar-refractivity contribution is 0.100. The van der Waals surface area contributed by atoms with Gasteiger partial charge in [0.25, 0.3) is 5.91 Å². The number of hydrogen-bond donors (Lipinski definition) is 1. The van der Waals surface area contributed by atoms with Crippen molar-refractivity contribution in [2.24, 2.45) is 5.73 Å². The van der Waals surface area contributed by atoms with Gasteiger partial charge in [-0.25, -0.2) is 4.98 Å². The van der Waals surface area contributed by atoms with Gasteiger partial charge in [-0.3, -0.25) is 4.79 Å². The van der Waals surface area contributed by atoms with Crippen LogP contribution in [0.4, 0.5) is 0 Å². The van der Waals surface area contributed by atoms with Gasteiger partial charge in [0.2, 0.25) is 0 Å². The molecule has 0 fully saturated rings. The van der Waals surface area contributed by atoms with Crippen molar-refractivity contribution in [3.8, 4) is 33.3 Å². The molecule has 2 aromatic heterocycles. The zero-order valence-electron chi connectivity index (χ0n) is 17.3. The quantitative estimate of drug-likeness (QED) is 0.415. The molecule has 0 atom stereocenters. The Balaban J connectivity index is 1.74. The molecule has 1 amide bonds. The lowest BCUT2D eigenvalue weighted by Gasteiger charge is -2.14. The number of methoxy groups -OCH3 is 1. The van der Waals surface area contributed by atoms with Crippen LogP contribution >= 0.6 is 22.9 Å². The van der Waals surface area contributed by atoms with Gasteiger partial charge in [0.15, 0.2) is 10.0 Å². The van der Waals surface area contributed by atoms with E-state index in [9.17, 15) is 4.79 Å². The van der Waals surface area contributed by atoms with Crippen molar-refractivity contribution in [2.75, 3.05) is 7.11 Å². The van der Waals surface area contributed by atoms with Crippen LogP contribution < -0.4 is 15.2 Å². The molecule has 4 rings (SSSR count). The number of aromatic nitrogens is 3. The van der Waals surface area contributed by atoms with E-state index in [-0.39, 0.29) is 12.2 Å². The number of hydrogen-bond acceptors (Lipinski definition) is 7. The molecule has 0 radical (unpaired) electrons. The molecule has 2 N–H and O–H groups in total. The van der Waals surface area contributed by atoms with E-state index in [1.165, 1.54) is 11.3 Å². The molecule has 0 aliphatic rings. The summed E-state index contributed by atoms with van der Waals surface area (Å²) in [5.41, 5.74) is 8.49. The summed E-state index contributed by atoms with van der Waals surface area (Å²) in [5, 5.41) is 10.0. The van der Waals surface area contributed by atoms with Crippen molar-refractivity contribution in [1.29, 1.82) is 0 Å². The summed E-state index contributed by atoms with van der Waals surface area (Å²) in [5.74, 6) is 0.561. The summed E-state index contributed by atoms with van der Waals surface area (Å²) in [4.78, 5) is 17.1. The number of nitrogens with zero attached hydrogens (tertiary/aromatic N) is 3. The normalized spacial score (nSPS) is 10.7. The van der Waals surface area contributed by atoms with E-state index >= 15 is 0 Å². The number of benzene rings is 2. The van der Waals surface area contributed by atoms with Crippen molar-refractivity contribution in [3.05, 3.63) is 75.9 Å². The van der Waals surface area contributed by atoms with E-state index in [2.05, 4.69) is 15.2 Å². The Morgan fingerprint density at radius 1 is 1.06 bits per heavy atom. The lowest BCUT2D eigenvalue weighted by Crippen LogP contribution is -2.15. The Bertz CT molecular complexity index is 1290. The Labute approximate surface area is 193 Å². The summed E-state index contributed by atoms with van der Waals surface area (Å²) in [6.45, 7) is 2.02. The molecule has 0 saturated heterocycles. The first-order valence-electron chi connectivity index (χ1n) is 9.63. The molecule has 9 heteroatoms. The van der Waals surface area contributed by atoms with Crippen LogP contribution in [0.1, 0.15) is 21.1 Å². The second-order valence-electron chi connectivity index (χ2n) is 6.82. The number of halogens is 1. The van der Waals surface area contributed by atoms with Crippen LogP contribution in [0.3, 0.4) is 0 Å². The Hall–Kier alpha value is -3.49. The lowest BCUT2D eigenvalue weighted by atomic mass is 9.96. The minimum atomic E-state index is -0.613. The average molecular weight is 467 g/mol. The summed E-state index contributed by atoms with van der Waals surface area (Å²) >= 11 is 7.41. The predicted molar refractivity (Wildman–Crippen MR) is 124 cm³/mol. The molecule has 2 heterocycles. The van der Waals surface area contributed by atoms with Crippen LogP contribution in [0.15, 0.2) is 54.6 Å². The topological polar surface area (TPSA) is 100 Å². The van der Waals surface area contributed by atoms with Crippen molar-refractivity contribution >= 4 is 28.8 Å². The highest BCUT2D eigenvalue weighted by Crippen LogP contribution is 2.37. The Kier molecular flexibility index (Phi) is 6.34. The molecule has 162 valence electrons. The van der Waals surface area contributed by atoms with Crippen LogP contribution in [0.25, 0.3) is 21.8 Å². The van der Waals surface area contributed by atoms with Crippen molar-refractivity contribution < 1.29 is 14.3 Å². The highest BCUT2D eigenvalue weighted by Gasteiger charge is 2.23. The van der Waals surface area contributed by atoms with Crippen LogP contribution in [-0.4, -0.2) is 28.2 Å². The number of rotatable bonds is 7. The first-order chi connectivity index (χ1) is 15.5. The molecule has 2 aromatic carbocycles. The van der Waals surface area contributed by atoms with Gasteiger partial charge in [0.05, 0.1) is 17.7 Å². The predicted octanol–water partition coefficient (Wildman–Crippen LogP) is 4.92. The van der Waals surface area contributed by atoms with Gasteiger partial charge in [0.1, 0.15) is 23.8 Å². The first-order valence-corrected chi connectivity index (χ1v) is 10.8. The monoisotopic (exact) mass is 466 g/mol. The molecular weight excluding hydrogens is 448 g/mol. The highest BCUT2D eigenvalue weighted by molar-refractivity contribution is 7.14. The molecule has 0 spiro atoms. The largest absolute Gasteiger partial charge is 0.496 e. The minimum Gasteiger partial charge on any atom is -0.496 e. The van der Waals surface area contributed by atoms with E-state index < -0.39 is 5.91 Å². The molecule has 0 unspecified atom stereocenters. The summed E-state index contributed by atoms with van der Waals surface area (Å²) < 4.78 is 11.2. The van der Waals surface area contributed by atoms with Crippen LogP contribution in [0.2, 0.25) is 5.02 Å². The number of carbonyl (C=O) groups is 1. The van der Waals surface area contributed by atoms with Gasteiger partial charge in [-0.05, 0) is 31.2 Å². The van der Waals surface area contributed by atoms with Crippen molar-refractivity contribution in [1.82, 2.24) is 15.2 Å². The molecule has 0 aliphatic heterocycles. The average Bonchev–Trinajstić information content (AvgIpc) is 3.26. The summed E-state index contributed by atoms with van der Waals surface area (Å²) in [6, 6.07) is 16.4. The smallest absolute Gasteiger partial charge is 0.251 e. The second kappa shape index (κ2) is 9.33. The molecular formula is C23H19ClN4O3S. The maximum atomic E-state index is 12.5. The van der Waals surface area contributed by atoms with Gasteiger partial charge >= 0.3 is 0 Å². The third-order valence-electron chi connectivity index (χ3n) is 4.65. The van der Waals surface area contributed by atoms with Gasteiger partial charge in [-0.2, -0.15) is 0 Å². The zero-order chi connectivity index (χ0) is 22.7. The Morgan fingerprint density at radius 3 is 2.50 bits per heavy atom. The van der Waals surface area contributed by atoms with E-state index in [0.717, 1.165) is 5.56 Å². The zero-order valence-corrected chi connectivity index (χ0v) is 18.9. The minimum absolute atomic E-state index is 0.179. The molecule has 0 bridgehead atoms. The fourth-order valence-corrected chi connectivity index (χ4v) is 4.20. The number of primary amides is 1. The number of pyridine rings is 1. The number of amides is 1. The van der Waals surface area contributed by atoms with Crippen molar-refractivity contribution in [3.63, 3.8) is 0 Å². The summed E-state index contributed by atoms with van der Waals surface area (Å²) in [6.07, 6.45) is 0. The molecule has 4 aromatic rings. The SMILES string of the molecule is COc1ccccc1-c1cc(C)nc(-c2nnc(COc3ccccc3Cl)s2)c1C(N)=O. The van der Waals surface area contributed by atoms with E-state index in [1.54, 1.807) is 19.2 Å². The number of nitrogens with two attached hydrogens (primary N) is 1. The first kappa shape index (κ1) is 21.7. The maximum absolute atomic E-state index is 12.5. The summed E-state index contributed by atoms with van der Waals surface area (Å²) in [7, 11) is 1.58. The highest BCUT2D eigenvalue weighted by atomic mass is 35.5. The second-order valence-corrected chi connectivity index (χ2v) is 8.29.